The van der Waals surface area contributed by atoms with E-state index >= 15 is 0 Å². The summed E-state index contributed by atoms with van der Waals surface area (Å²) in [6.07, 6.45) is 10.5. The van der Waals surface area contributed by atoms with Gasteiger partial charge in [0, 0.05) is 29.5 Å². The van der Waals surface area contributed by atoms with Crippen LogP contribution in [-0.4, -0.2) is 35.2 Å². The van der Waals surface area contributed by atoms with Gasteiger partial charge in [-0.05, 0) is 99.2 Å². The Balaban J connectivity index is 0.000000173. The van der Waals surface area contributed by atoms with Crippen LogP contribution >= 0.6 is 0 Å². The maximum absolute atomic E-state index is 9.96. The normalized spacial score (nSPS) is 32.2. The third kappa shape index (κ3) is 5.80. The van der Waals surface area contributed by atoms with Crippen LogP contribution in [0.2, 0.25) is 0 Å². The van der Waals surface area contributed by atoms with Gasteiger partial charge in [-0.15, -0.1) is 0 Å². The van der Waals surface area contributed by atoms with E-state index in [4.69, 9.17) is 0 Å². The van der Waals surface area contributed by atoms with E-state index in [0.29, 0.717) is 23.1 Å². The van der Waals surface area contributed by atoms with E-state index in [1.807, 2.05) is 12.1 Å². The molecule has 2 heterocycles. The average molecular weight is 567 g/mol. The summed E-state index contributed by atoms with van der Waals surface area (Å²) in [7, 11) is 0. The number of fused-ring (bicyclic) bond motifs is 4. The molecule has 0 aromatic heterocycles. The Bertz CT molecular complexity index is 1290. The summed E-state index contributed by atoms with van der Waals surface area (Å²) in [5.41, 5.74) is 6.47. The van der Waals surface area contributed by atoms with E-state index in [-0.39, 0.29) is 12.8 Å². The largest absolute Gasteiger partial charge is 0.508 e. The molecule has 3 aromatic carbocycles. The van der Waals surface area contributed by atoms with Crippen molar-refractivity contribution >= 4 is 0 Å². The van der Waals surface area contributed by atoms with Crippen molar-refractivity contribution in [2.45, 2.75) is 109 Å². The molecule has 2 saturated heterocycles. The predicted molar refractivity (Wildman–Crippen MR) is 177 cm³/mol. The van der Waals surface area contributed by atoms with Crippen LogP contribution in [0, 0.1) is 18.8 Å². The molecule has 4 fully saturated rings. The number of rotatable bonds is 4. The van der Waals surface area contributed by atoms with Crippen molar-refractivity contribution in [1.29, 1.82) is 0 Å². The lowest BCUT2D eigenvalue weighted by molar-refractivity contribution is -0.00795. The Morgan fingerprint density at radius 3 is 2.21 bits per heavy atom. The van der Waals surface area contributed by atoms with Gasteiger partial charge in [0.25, 0.3) is 0 Å². The summed E-state index contributed by atoms with van der Waals surface area (Å²) < 4.78 is 0. The molecule has 226 valence electrons. The number of nitrogens with zero attached hydrogens (tertiary/aromatic N) is 1. The molecule has 0 spiro atoms. The fourth-order valence-electron chi connectivity index (χ4n) is 9.33. The molecule has 4 bridgehead atoms. The van der Waals surface area contributed by atoms with Gasteiger partial charge in [-0.2, -0.15) is 0 Å². The lowest BCUT2D eigenvalue weighted by atomic mass is 9.57. The van der Waals surface area contributed by atoms with Crippen LogP contribution in [-0.2, 0) is 17.4 Å². The minimum Gasteiger partial charge on any atom is -0.508 e. The number of hydrogen-bond acceptors (Lipinski definition) is 3. The molecule has 2 N–H and O–H groups in total. The van der Waals surface area contributed by atoms with E-state index in [1.54, 1.807) is 11.6 Å². The third-order valence-electron chi connectivity index (χ3n) is 11.7. The second-order valence-electron chi connectivity index (χ2n) is 13.7. The maximum Gasteiger partial charge on any atom is 0.115 e. The molecular formula is C39H54N2O. The first kappa shape index (κ1) is 30.8. The lowest BCUT2D eigenvalue weighted by Crippen LogP contribution is -2.57. The molecule has 2 saturated carbocycles. The van der Waals surface area contributed by atoms with Crippen LogP contribution in [0.1, 0.15) is 94.9 Å². The van der Waals surface area contributed by atoms with Gasteiger partial charge in [0.2, 0.25) is 0 Å². The Kier molecular flexibility index (Phi) is 9.50. The molecule has 6 atom stereocenters. The maximum atomic E-state index is 9.96. The summed E-state index contributed by atoms with van der Waals surface area (Å²) in [5, 5.41) is 13.7. The van der Waals surface area contributed by atoms with Gasteiger partial charge in [0.05, 0.1) is 0 Å². The molecule has 0 amide bonds. The van der Waals surface area contributed by atoms with Gasteiger partial charge in [-0.1, -0.05) is 106 Å². The van der Waals surface area contributed by atoms with Crippen molar-refractivity contribution in [3.8, 4) is 5.75 Å². The highest BCUT2D eigenvalue weighted by molar-refractivity contribution is 5.36. The summed E-state index contributed by atoms with van der Waals surface area (Å²) in [6, 6.07) is 29.5. The van der Waals surface area contributed by atoms with Crippen molar-refractivity contribution < 1.29 is 5.11 Å². The Morgan fingerprint density at radius 1 is 0.786 bits per heavy atom. The Hall–Kier alpha value is -2.62. The lowest BCUT2D eigenvalue weighted by Gasteiger charge is -2.55. The highest BCUT2D eigenvalue weighted by Crippen LogP contribution is 2.51. The number of phenols is 1. The smallest absolute Gasteiger partial charge is 0.115 e. The molecule has 2 aliphatic heterocycles. The van der Waals surface area contributed by atoms with Gasteiger partial charge in [0.1, 0.15) is 5.75 Å². The van der Waals surface area contributed by atoms with E-state index < -0.39 is 0 Å². The first-order chi connectivity index (χ1) is 19.9. The standard InChI is InChI=1S/C22H27NO.C16H23N.CH4/c1-17-21-11-6-12-22(17,19-9-5-10-20(24)15-19)13-14-23(21)16-18-7-3-2-4-8-18;1-12-5-3-6-14(11-12)16-8-4-7-15(13(16)2)17-10-9-16;/h2-5,7-10,15,17,21,24H,6,11-14,16H2,1H3;3,5-6,11,13,15,17H,4,7-10H2,1-2H3;1H4/t17-,21-,22+;13-,15-,16+;/m00./s1. The zero-order valence-corrected chi connectivity index (χ0v) is 25.5. The zero-order chi connectivity index (χ0) is 28.5. The van der Waals surface area contributed by atoms with Crippen LogP contribution in [0.25, 0.3) is 0 Å². The number of nitrogens with one attached hydrogen (secondary N) is 1. The van der Waals surface area contributed by atoms with Crippen LogP contribution in [0.15, 0.2) is 78.9 Å². The van der Waals surface area contributed by atoms with Crippen LogP contribution < -0.4 is 5.32 Å². The minimum atomic E-state index is 0. The molecule has 0 radical (unpaired) electrons. The molecule has 4 aliphatic rings. The third-order valence-corrected chi connectivity index (χ3v) is 11.7. The summed E-state index contributed by atoms with van der Waals surface area (Å²) in [5.74, 6) is 1.82. The second kappa shape index (κ2) is 12.9. The molecule has 42 heavy (non-hydrogen) atoms. The molecule has 3 aromatic rings. The zero-order valence-electron chi connectivity index (χ0n) is 25.5. The average Bonchev–Trinajstić information content (AvgIpc) is 2.96. The first-order valence-corrected chi connectivity index (χ1v) is 16.3. The number of piperidine rings is 2. The summed E-state index contributed by atoms with van der Waals surface area (Å²) >= 11 is 0. The highest BCUT2D eigenvalue weighted by Gasteiger charge is 2.49. The summed E-state index contributed by atoms with van der Waals surface area (Å²) in [4.78, 5) is 2.69. The van der Waals surface area contributed by atoms with Crippen molar-refractivity contribution in [2.24, 2.45) is 11.8 Å². The number of phenolic OH excluding ortho intramolecular Hbond substituents is 1. The second-order valence-corrected chi connectivity index (χ2v) is 13.7. The van der Waals surface area contributed by atoms with E-state index in [1.165, 1.54) is 74.6 Å². The van der Waals surface area contributed by atoms with E-state index in [9.17, 15) is 5.11 Å². The number of hydrogen-bond donors (Lipinski definition) is 2. The van der Waals surface area contributed by atoms with Gasteiger partial charge in [-0.3, -0.25) is 4.90 Å². The van der Waals surface area contributed by atoms with Gasteiger partial charge < -0.3 is 10.4 Å². The Morgan fingerprint density at radius 2 is 1.48 bits per heavy atom. The molecular weight excluding hydrogens is 512 g/mol. The highest BCUT2D eigenvalue weighted by atomic mass is 16.3. The molecule has 3 heteroatoms. The van der Waals surface area contributed by atoms with Gasteiger partial charge >= 0.3 is 0 Å². The van der Waals surface area contributed by atoms with Crippen molar-refractivity contribution in [3.63, 3.8) is 0 Å². The monoisotopic (exact) mass is 566 g/mol. The topological polar surface area (TPSA) is 35.5 Å². The summed E-state index contributed by atoms with van der Waals surface area (Å²) in [6.45, 7) is 10.5. The van der Waals surface area contributed by atoms with Crippen molar-refractivity contribution in [3.05, 3.63) is 101 Å². The molecule has 0 unspecified atom stereocenters. The number of likely N-dealkylation sites (tertiary alicyclic amines) is 1. The van der Waals surface area contributed by atoms with Crippen LogP contribution in [0.4, 0.5) is 0 Å². The predicted octanol–water partition coefficient (Wildman–Crippen LogP) is 8.78. The number of aromatic hydroxyl groups is 1. The van der Waals surface area contributed by atoms with Crippen LogP contribution in [0.5, 0.6) is 5.75 Å². The SMILES string of the molecule is C.C[C@H]1[C@@H]2CCC[C@@]1(c1cccc(O)c1)CCN2Cc1ccccc1.Cc1cccc([C@]23CCC[C@H](NCC2)[C@@H]3C)c1. The number of aryl methyl sites for hydroxylation is 1. The molecule has 3 nitrogen and oxygen atoms in total. The van der Waals surface area contributed by atoms with Crippen molar-refractivity contribution in [1.82, 2.24) is 10.2 Å². The molecule has 7 rings (SSSR count). The minimum absolute atomic E-state index is 0. The van der Waals surface area contributed by atoms with Crippen LogP contribution in [0.3, 0.4) is 0 Å². The number of benzene rings is 3. The van der Waals surface area contributed by atoms with Crippen molar-refractivity contribution in [2.75, 3.05) is 13.1 Å². The van der Waals surface area contributed by atoms with E-state index in [0.717, 1.165) is 25.0 Å². The fraction of sp³-hybridized carbons (Fsp3) is 0.538. The Labute approximate surface area is 255 Å². The molecule has 2 aliphatic carbocycles. The fourth-order valence-corrected chi connectivity index (χ4v) is 9.33. The van der Waals surface area contributed by atoms with Gasteiger partial charge in [-0.25, -0.2) is 0 Å². The first-order valence-electron chi connectivity index (χ1n) is 16.3. The van der Waals surface area contributed by atoms with E-state index in [2.05, 4.69) is 91.7 Å². The quantitative estimate of drug-likeness (QED) is 0.331. The van der Waals surface area contributed by atoms with Gasteiger partial charge in [0.15, 0.2) is 0 Å².